The molecule has 0 amide bonds. The summed E-state index contributed by atoms with van der Waals surface area (Å²) >= 11 is 0. The molecule has 3 N–H and O–H groups in total. The van der Waals surface area contributed by atoms with Gasteiger partial charge in [-0.2, -0.15) is 0 Å². The minimum Gasteiger partial charge on any atom is -0.462 e. The van der Waals surface area contributed by atoms with Crippen LogP contribution < -0.4 is 0 Å². The first-order valence-electron chi connectivity index (χ1n) is 34.5. The Kier molecular flexibility index (Phi) is 57.1. The van der Waals surface area contributed by atoms with Crippen LogP contribution in [-0.4, -0.2) is 96.7 Å². The minimum absolute atomic E-state index is 0.104. The van der Waals surface area contributed by atoms with Crippen LogP contribution >= 0.6 is 15.6 Å². The van der Waals surface area contributed by atoms with Crippen molar-refractivity contribution >= 4 is 39.5 Å². The molecule has 0 radical (unpaired) electrons. The summed E-state index contributed by atoms with van der Waals surface area (Å²) in [5, 5.41) is 10.5. The van der Waals surface area contributed by atoms with E-state index in [1.54, 1.807) is 0 Å². The van der Waals surface area contributed by atoms with Crippen molar-refractivity contribution in [3.63, 3.8) is 0 Å². The fourth-order valence-corrected chi connectivity index (χ4v) is 11.5. The van der Waals surface area contributed by atoms with Crippen LogP contribution in [0.5, 0.6) is 0 Å². The van der Waals surface area contributed by atoms with Crippen molar-refractivity contribution in [1.29, 1.82) is 0 Å². The normalized spacial score (nSPS) is 14.2. The molecule has 0 fully saturated rings. The summed E-state index contributed by atoms with van der Waals surface area (Å²) in [5.74, 6) is -0.578. The highest BCUT2D eigenvalue weighted by Gasteiger charge is 2.30. The maximum Gasteiger partial charge on any atom is 0.472 e. The predicted octanol–water partition coefficient (Wildman–Crippen LogP) is 18.4. The van der Waals surface area contributed by atoms with E-state index in [4.69, 9.17) is 37.0 Å². The maximum atomic E-state index is 13.0. The van der Waals surface area contributed by atoms with Crippen LogP contribution in [0.15, 0.2) is 0 Å². The van der Waals surface area contributed by atoms with Crippen molar-refractivity contribution in [3.8, 4) is 0 Å². The molecular weight excluding hydrogens is 1130 g/mol. The highest BCUT2D eigenvalue weighted by molar-refractivity contribution is 7.47. The Bertz CT molecular complexity index is 1670. The Labute approximate surface area is 517 Å². The standard InChI is InChI=1S/C66H128O17P2/c1-7-9-11-13-15-31-38-44-50-65(70)82-61(54-76-63(68)48-42-36-28-14-12-10-8-2)56-80-84(72,73)78-52-60(67)53-79-85(74,75)81-57-62(83-66(71)51-45-39-33-27-23-19-17-21-25-30-35-41-47-59(5)6)55-77-64(69)49-43-37-32-26-22-18-16-20-24-29-34-40-46-58(3)4/h58-62,67H,7-57H2,1-6H3,(H,72,73)(H,74,75)/t60-,61+,62+/m0/s1. The lowest BCUT2D eigenvalue weighted by Gasteiger charge is -2.21. The third kappa shape index (κ3) is 60.7. The van der Waals surface area contributed by atoms with Crippen molar-refractivity contribution in [3.05, 3.63) is 0 Å². The maximum absolute atomic E-state index is 13.0. The average Bonchev–Trinajstić information content (AvgIpc) is 3.59. The molecule has 19 heteroatoms. The zero-order valence-electron chi connectivity index (χ0n) is 54.9. The zero-order chi connectivity index (χ0) is 62.9. The number of carbonyl (C=O) groups excluding carboxylic acids is 4. The molecule has 0 aliphatic heterocycles. The van der Waals surface area contributed by atoms with Gasteiger partial charge in [0.1, 0.15) is 19.3 Å². The Hall–Kier alpha value is -1.94. The van der Waals surface area contributed by atoms with Crippen molar-refractivity contribution < 1.29 is 80.2 Å². The highest BCUT2D eigenvalue weighted by atomic mass is 31.2. The van der Waals surface area contributed by atoms with Gasteiger partial charge in [-0.3, -0.25) is 37.3 Å². The fourth-order valence-electron chi connectivity index (χ4n) is 9.88. The molecule has 0 bridgehead atoms. The summed E-state index contributed by atoms with van der Waals surface area (Å²) < 4.78 is 67.9. The van der Waals surface area contributed by atoms with E-state index in [2.05, 4.69) is 41.5 Å². The number of phosphoric ester groups is 2. The third-order valence-corrected chi connectivity index (χ3v) is 17.1. The molecule has 0 saturated heterocycles. The quantitative estimate of drug-likeness (QED) is 0.0222. The Balaban J connectivity index is 5.19. The third-order valence-electron chi connectivity index (χ3n) is 15.2. The molecule has 2 unspecified atom stereocenters. The summed E-state index contributed by atoms with van der Waals surface area (Å²) in [6.07, 6.45) is 41.8. The Morgan fingerprint density at radius 2 is 0.541 bits per heavy atom. The summed E-state index contributed by atoms with van der Waals surface area (Å²) in [6, 6.07) is 0. The van der Waals surface area contributed by atoms with E-state index in [1.165, 1.54) is 128 Å². The number of esters is 4. The minimum atomic E-state index is -4.95. The fraction of sp³-hybridized carbons (Fsp3) is 0.939. The van der Waals surface area contributed by atoms with Gasteiger partial charge < -0.3 is 33.8 Å². The summed E-state index contributed by atoms with van der Waals surface area (Å²) in [7, 11) is -9.88. The summed E-state index contributed by atoms with van der Waals surface area (Å²) in [5.41, 5.74) is 0. The lowest BCUT2D eigenvalue weighted by Crippen LogP contribution is -2.30. The predicted molar refractivity (Wildman–Crippen MR) is 340 cm³/mol. The van der Waals surface area contributed by atoms with Gasteiger partial charge in [-0.25, -0.2) is 9.13 Å². The lowest BCUT2D eigenvalue weighted by atomic mass is 10.0. The number of carbonyl (C=O) groups is 4. The molecule has 0 rings (SSSR count). The molecule has 0 aromatic rings. The van der Waals surface area contributed by atoms with Gasteiger partial charge >= 0.3 is 39.5 Å². The van der Waals surface area contributed by atoms with Crippen LogP contribution in [0.1, 0.15) is 330 Å². The largest absolute Gasteiger partial charge is 0.472 e. The Morgan fingerprint density at radius 3 is 0.800 bits per heavy atom. The van der Waals surface area contributed by atoms with Gasteiger partial charge in [0.15, 0.2) is 12.2 Å². The van der Waals surface area contributed by atoms with E-state index in [1.807, 2.05) is 0 Å². The van der Waals surface area contributed by atoms with E-state index in [9.17, 15) is 43.2 Å². The van der Waals surface area contributed by atoms with Gasteiger partial charge in [0, 0.05) is 25.7 Å². The second-order valence-corrected chi connectivity index (χ2v) is 27.7. The van der Waals surface area contributed by atoms with E-state index in [0.717, 1.165) is 121 Å². The summed E-state index contributed by atoms with van der Waals surface area (Å²) in [4.78, 5) is 72.1. The van der Waals surface area contributed by atoms with Crippen molar-refractivity contribution in [2.24, 2.45) is 11.8 Å². The van der Waals surface area contributed by atoms with Gasteiger partial charge in [-0.15, -0.1) is 0 Å². The van der Waals surface area contributed by atoms with Crippen LogP contribution in [0.3, 0.4) is 0 Å². The molecule has 0 heterocycles. The van der Waals surface area contributed by atoms with Gasteiger partial charge in [0.25, 0.3) is 0 Å². The molecule has 5 atom stereocenters. The average molecular weight is 1260 g/mol. The number of unbranched alkanes of at least 4 members (excludes halogenated alkanes) is 35. The van der Waals surface area contributed by atoms with Crippen LogP contribution in [-0.2, 0) is 65.4 Å². The number of rotatable bonds is 65. The highest BCUT2D eigenvalue weighted by Crippen LogP contribution is 2.45. The number of aliphatic hydroxyl groups is 1. The topological polar surface area (TPSA) is 237 Å². The molecule has 504 valence electrons. The number of aliphatic hydroxyl groups excluding tert-OH is 1. The number of ether oxygens (including phenoxy) is 4. The molecule has 85 heavy (non-hydrogen) atoms. The van der Waals surface area contributed by atoms with Gasteiger partial charge in [0.05, 0.1) is 26.4 Å². The van der Waals surface area contributed by atoms with Crippen LogP contribution in [0, 0.1) is 11.8 Å². The van der Waals surface area contributed by atoms with Crippen LogP contribution in [0.4, 0.5) is 0 Å². The van der Waals surface area contributed by atoms with Crippen molar-refractivity contribution in [2.75, 3.05) is 39.6 Å². The monoisotopic (exact) mass is 1250 g/mol. The molecule has 0 spiro atoms. The van der Waals surface area contributed by atoms with Gasteiger partial charge in [-0.05, 0) is 37.5 Å². The number of hydrogen-bond donors (Lipinski definition) is 3. The smallest absolute Gasteiger partial charge is 0.462 e. The van der Waals surface area contributed by atoms with Gasteiger partial charge in [0.2, 0.25) is 0 Å². The molecule has 0 aromatic heterocycles. The molecule has 17 nitrogen and oxygen atoms in total. The van der Waals surface area contributed by atoms with Gasteiger partial charge in [-0.1, -0.05) is 279 Å². The molecule has 0 saturated carbocycles. The van der Waals surface area contributed by atoms with E-state index < -0.39 is 97.5 Å². The first-order chi connectivity index (χ1) is 40.9. The second-order valence-electron chi connectivity index (χ2n) is 24.8. The second kappa shape index (κ2) is 58.4. The molecule has 0 aliphatic carbocycles. The lowest BCUT2D eigenvalue weighted by molar-refractivity contribution is -0.161. The van der Waals surface area contributed by atoms with E-state index in [-0.39, 0.29) is 25.7 Å². The van der Waals surface area contributed by atoms with E-state index in [0.29, 0.717) is 25.7 Å². The van der Waals surface area contributed by atoms with Crippen molar-refractivity contribution in [1.82, 2.24) is 0 Å². The first kappa shape index (κ1) is 83.1. The van der Waals surface area contributed by atoms with Crippen LogP contribution in [0.25, 0.3) is 0 Å². The molecule has 0 aromatic carbocycles. The zero-order valence-corrected chi connectivity index (χ0v) is 56.7. The Morgan fingerprint density at radius 1 is 0.318 bits per heavy atom. The molecule has 0 aliphatic rings. The first-order valence-corrected chi connectivity index (χ1v) is 37.5. The molecular formula is C66H128O17P2. The number of phosphoric acid groups is 2. The van der Waals surface area contributed by atoms with Crippen LogP contribution in [0.2, 0.25) is 0 Å². The SMILES string of the molecule is CCCCCCCCCCC(=O)O[C@H](COC(=O)CCCCCCCCC)COP(=O)(O)OC[C@H](O)COP(=O)(O)OC[C@@H](COC(=O)CCCCCCCCCCCCCCC(C)C)OC(=O)CCCCCCCCCCCCCCC(C)C. The van der Waals surface area contributed by atoms with Crippen molar-refractivity contribution in [2.45, 2.75) is 349 Å². The van der Waals surface area contributed by atoms with E-state index >= 15 is 0 Å². The summed E-state index contributed by atoms with van der Waals surface area (Å²) in [6.45, 7) is 9.47. The number of hydrogen-bond acceptors (Lipinski definition) is 15.